The quantitative estimate of drug-likeness (QED) is 0.599. The van der Waals surface area contributed by atoms with Gasteiger partial charge in [0.2, 0.25) is 5.71 Å². The first-order valence-corrected chi connectivity index (χ1v) is 5.96. The fourth-order valence-corrected chi connectivity index (χ4v) is 2.20. The molecule has 0 bridgehead atoms. The van der Waals surface area contributed by atoms with Crippen LogP contribution in [0.15, 0.2) is 56.2 Å². The summed E-state index contributed by atoms with van der Waals surface area (Å²) in [4.78, 5) is 0. The zero-order valence-electron chi connectivity index (χ0n) is 10.2. The first-order valence-electron chi connectivity index (χ1n) is 5.96. The highest BCUT2D eigenvalue weighted by Crippen LogP contribution is 2.42. The van der Waals surface area contributed by atoms with Crippen LogP contribution in [0.4, 0.5) is 5.69 Å². The summed E-state index contributed by atoms with van der Waals surface area (Å²) in [6, 6.07) is 7.21. The Labute approximate surface area is 112 Å². The summed E-state index contributed by atoms with van der Waals surface area (Å²) in [5, 5.41) is 8.43. The molecule has 4 aromatic rings. The van der Waals surface area contributed by atoms with Crippen molar-refractivity contribution in [2.24, 2.45) is 0 Å². The number of furan rings is 3. The predicted octanol–water partition coefficient (Wildman–Crippen LogP) is 3.33. The molecule has 4 aromatic heterocycles. The van der Waals surface area contributed by atoms with E-state index in [1.165, 1.54) is 6.20 Å². The number of aromatic nitrogens is 2. The largest absolute Gasteiger partial charge is 0.464 e. The van der Waals surface area contributed by atoms with E-state index in [9.17, 15) is 0 Å². The first-order chi connectivity index (χ1) is 9.84. The highest BCUT2D eigenvalue weighted by Gasteiger charge is 2.23. The molecule has 0 aliphatic heterocycles. The van der Waals surface area contributed by atoms with Gasteiger partial charge in [0.1, 0.15) is 5.76 Å². The maximum absolute atomic E-state index is 6.00. The molecule has 0 aliphatic carbocycles. The Bertz CT molecular complexity index is 861. The molecule has 2 N–H and O–H groups in total. The van der Waals surface area contributed by atoms with E-state index in [1.54, 1.807) is 30.7 Å². The molecular weight excluding hydrogens is 258 g/mol. The summed E-state index contributed by atoms with van der Waals surface area (Å²) in [5.41, 5.74) is 7.53. The zero-order chi connectivity index (χ0) is 13.5. The van der Waals surface area contributed by atoms with E-state index in [2.05, 4.69) is 10.2 Å². The van der Waals surface area contributed by atoms with Crippen LogP contribution in [0.3, 0.4) is 0 Å². The molecule has 0 spiro atoms. The van der Waals surface area contributed by atoms with Crippen LogP contribution in [0.5, 0.6) is 0 Å². The number of anilines is 1. The third-order valence-corrected chi connectivity index (χ3v) is 3.04. The Morgan fingerprint density at radius 1 is 1.00 bits per heavy atom. The van der Waals surface area contributed by atoms with E-state index in [0.717, 1.165) is 0 Å². The van der Waals surface area contributed by atoms with Crippen LogP contribution >= 0.6 is 0 Å². The Balaban J connectivity index is 2.14. The Hall–Kier alpha value is -3.02. The monoisotopic (exact) mass is 267 g/mol. The number of fused-ring (bicyclic) bond motifs is 1. The van der Waals surface area contributed by atoms with Gasteiger partial charge < -0.3 is 19.0 Å². The number of nitrogen functional groups attached to an aromatic ring is 1. The SMILES string of the molecule is Nc1cnnc2oc(-c3ccco3)c(-c3ccco3)c12. The summed E-state index contributed by atoms with van der Waals surface area (Å²) in [7, 11) is 0. The lowest BCUT2D eigenvalue weighted by Crippen LogP contribution is -1.90. The van der Waals surface area contributed by atoms with E-state index in [0.29, 0.717) is 39.6 Å². The molecule has 0 saturated carbocycles. The maximum atomic E-state index is 6.00. The van der Waals surface area contributed by atoms with Crippen molar-refractivity contribution in [1.82, 2.24) is 10.2 Å². The molecule has 0 saturated heterocycles. The topological polar surface area (TPSA) is 91.2 Å². The molecule has 4 heterocycles. The minimum atomic E-state index is 0.350. The number of nitrogens with zero attached hydrogens (tertiary/aromatic N) is 2. The van der Waals surface area contributed by atoms with Crippen molar-refractivity contribution in [3.63, 3.8) is 0 Å². The third-order valence-electron chi connectivity index (χ3n) is 3.04. The highest BCUT2D eigenvalue weighted by atomic mass is 16.4. The summed E-state index contributed by atoms with van der Waals surface area (Å²) < 4.78 is 16.6. The average Bonchev–Trinajstić information content (AvgIpc) is 3.18. The number of rotatable bonds is 2. The second-order valence-electron chi connectivity index (χ2n) is 4.24. The van der Waals surface area contributed by atoms with Crippen LogP contribution in [0, 0.1) is 0 Å². The Kier molecular flexibility index (Phi) is 2.17. The van der Waals surface area contributed by atoms with Gasteiger partial charge in [-0.2, -0.15) is 5.10 Å². The lowest BCUT2D eigenvalue weighted by atomic mass is 10.1. The second-order valence-corrected chi connectivity index (χ2v) is 4.24. The summed E-state index contributed by atoms with van der Waals surface area (Å²) in [6.07, 6.45) is 4.64. The third kappa shape index (κ3) is 1.45. The molecule has 20 heavy (non-hydrogen) atoms. The predicted molar refractivity (Wildman–Crippen MR) is 71.6 cm³/mol. The number of hydrogen-bond acceptors (Lipinski definition) is 6. The summed E-state index contributed by atoms with van der Waals surface area (Å²) in [6.45, 7) is 0. The van der Waals surface area contributed by atoms with E-state index >= 15 is 0 Å². The van der Waals surface area contributed by atoms with Crippen molar-refractivity contribution in [2.45, 2.75) is 0 Å². The fourth-order valence-electron chi connectivity index (χ4n) is 2.20. The number of nitrogens with two attached hydrogens (primary N) is 1. The van der Waals surface area contributed by atoms with E-state index < -0.39 is 0 Å². The fraction of sp³-hybridized carbons (Fsp3) is 0. The van der Waals surface area contributed by atoms with Crippen LogP contribution in [-0.4, -0.2) is 10.2 Å². The van der Waals surface area contributed by atoms with Crippen molar-refractivity contribution in [1.29, 1.82) is 0 Å². The van der Waals surface area contributed by atoms with Gasteiger partial charge in [0.25, 0.3) is 0 Å². The minimum absolute atomic E-state index is 0.350. The van der Waals surface area contributed by atoms with Crippen molar-refractivity contribution in [3.05, 3.63) is 43.0 Å². The molecule has 0 aliphatic rings. The van der Waals surface area contributed by atoms with E-state index in [4.69, 9.17) is 19.0 Å². The maximum Gasteiger partial charge on any atom is 0.249 e. The lowest BCUT2D eigenvalue weighted by Gasteiger charge is -1.98. The Morgan fingerprint density at radius 2 is 1.75 bits per heavy atom. The van der Waals surface area contributed by atoms with Gasteiger partial charge in [0.15, 0.2) is 11.5 Å². The van der Waals surface area contributed by atoms with E-state index in [-0.39, 0.29) is 0 Å². The molecule has 0 fully saturated rings. The highest BCUT2D eigenvalue weighted by molar-refractivity contribution is 6.04. The number of hydrogen-bond donors (Lipinski definition) is 1. The molecule has 98 valence electrons. The van der Waals surface area contributed by atoms with Gasteiger partial charge in [-0.1, -0.05) is 0 Å². The van der Waals surface area contributed by atoms with Gasteiger partial charge in [0.05, 0.1) is 35.4 Å². The van der Waals surface area contributed by atoms with Gasteiger partial charge >= 0.3 is 0 Å². The lowest BCUT2D eigenvalue weighted by molar-refractivity contribution is 0.535. The van der Waals surface area contributed by atoms with Crippen molar-refractivity contribution in [3.8, 4) is 22.8 Å². The molecule has 0 unspecified atom stereocenters. The minimum Gasteiger partial charge on any atom is -0.464 e. The normalized spacial score (nSPS) is 11.2. The van der Waals surface area contributed by atoms with Crippen molar-refractivity contribution < 1.29 is 13.3 Å². The molecular formula is C14H9N3O3. The van der Waals surface area contributed by atoms with Crippen molar-refractivity contribution >= 4 is 16.8 Å². The molecule has 0 atom stereocenters. The van der Waals surface area contributed by atoms with Gasteiger partial charge in [-0.3, -0.25) is 0 Å². The van der Waals surface area contributed by atoms with Crippen LogP contribution in [0.1, 0.15) is 0 Å². The molecule has 6 nitrogen and oxygen atoms in total. The van der Waals surface area contributed by atoms with Gasteiger partial charge in [-0.25, -0.2) is 0 Å². The van der Waals surface area contributed by atoms with Gasteiger partial charge in [-0.05, 0) is 24.3 Å². The van der Waals surface area contributed by atoms with Crippen LogP contribution < -0.4 is 5.73 Å². The van der Waals surface area contributed by atoms with Crippen LogP contribution in [-0.2, 0) is 0 Å². The average molecular weight is 267 g/mol. The molecule has 0 aromatic carbocycles. The molecule has 6 heteroatoms. The molecule has 0 radical (unpaired) electrons. The van der Waals surface area contributed by atoms with Gasteiger partial charge in [-0.15, -0.1) is 5.10 Å². The first kappa shape index (κ1) is 10.9. The van der Waals surface area contributed by atoms with Crippen LogP contribution in [0.25, 0.3) is 33.9 Å². The summed E-state index contributed by atoms with van der Waals surface area (Å²) in [5.74, 6) is 1.73. The summed E-state index contributed by atoms with van der Waals surface area (Å²) >= 11 is 0. The van der Waals surface area contributed by atoms with Crippen molar-refractivity contribution in [2.75, 3.05) is 5.73 Å². The van der Waals surface area contributed by atoms with Gasteiger partial charge in [0, 0.05) is 0 Å². The second kappa shape index (κ2) is 3.99. The van der Waals surface area contributed by atoms with Crippen LogP contribution in [0.2, 0.25) is 0 Å². The van der Waals surface area contributed by atoms with E-state index in [1.807, 2.05) is 6.07 Å². The molecule has 4 rings (SSSR count). The molecule has 0 amide bonds. The standard InChI is InChI=1S/C14H9N3O3/c15-8-7-16-17-14-11(8)12(9-3-1-5-18-9)13(20-14)10-4-2-6-19-10/h1-7H,(H2,15,17). The smallest absolute Gasteiger partial charge is 0.249 e. The Morgan fingerprint density at radius 3 is 2.45 bits per heavy atom. The zero-order valence-corrected chi connectivity index (χ0v) is 10.2.